The molecule has 3 rings (SSSR count). The second-order valence-corrected chi connectivity index (χ2v) is 8.13. The molecule has 3 aromatic rings. The van der Waals surface area contributed by atoms with Gasteiger partial charge in [-0.3, -0.25) is 14.6 Å². The number of thiophene rings is 1. The highest BCUT2D eigenvalue weighted by Gasteiger charge is 2.27. The van der Waals surface area contributed by atoms with Crippen LogP contribution in [0.1, 0.15) is 53.2 Å². The zero-order chi connectivity index (χ0) is 21.3. The van der Waals surface area contributed by atoms with Crippen molar-refractivity contribution in [3.8, 4) is 0 Å². The average Bonchev–Trinajstić information content (AvgIpc) is 3.31. The summed E-state index contributed by atoms with van der Waals surface area (Å²) in [6, 6.07) is 2.52. The lowest BCUT2D eigenvalue weighted by atomic mass is 9.99. The maximum atomic E-state index is 12.6. The normalized spacial score (nSPS) is 14.4. The molecule has 0 aliphatic carbocycles. The molecule has 0 aliphatic rings. The average molecular weight is 417 g/mol. The first-order valence-corrected chi connectivity index (χ1v) is 10.0. The number of anilines is 1. The minimum absolute atomic E-state index is 0.0351. The zero-order valence-electron chi connectivity index (χ0n) is 16.3. The lowest BCUT2D eigenvalue weighted by molar-refractivity contribution is -0.140. The number of H-pyrrole nitrogens is 2. The number of aromatic nitrogens is 3. The van der Waals surface area contributed by atoms with Crippen molar-refractivity contribution in [3.63, 3.8) is 0 Å². The SMILES string of the molecule is CCC(C)C(NC(=O)c1ccc(C(C)c2c[nH]c3nc(N)[nH]c(=O)c23)s1)C(=O)O. The molecular weight excluding hydrogens is 394 g/mol. The number of nitrogens with two attached hydrogens (primary N) is 1. The van der Waals surface area contributed by atoms with Gasteiger partial charge in [0.2, 0.25) is 5.95 Å². The molecule has 0 bridgehead atoms. The molecule has 29 heavy (non-hydrogen) atoms. The predicted molar refractivity (Wildman–Crippen MR) is 111 cm³/mol. The van der Waals surface area contributed by atoms with Crippen molar-refractivity contribution in [1.82, 2.24) is 20.3 Å². The second-order valence-electron chi connectivity index (χ2n) is 7.02. The van der Waals surface area contributed by atoms with Crippen molar-refractivity contribution in [1.29, 1.82) is 0 Å². The molecule has 0 fully saturated rings. The number of carbonyl (C=O) groups excluding carboxylic acids is 1. The molecule has 0 radical (unpaired) electrons. The van der Waals surface area contributed by atoms with Crippen molar-refractivity contribution in [3.05, 3.63) is 44.0 Å². The van der Waals surface area contributed by atoms with Crippen molar-refractivity contribution < 1.29 is 14.7 Å². The third-order valence-electron chi connectivity index (χ3n) is 5.10. The Balaban J connectivity index is 1.85. The van der Waals surface area contributed by atoms with E-state index in [0.29, 0.717) is 22.3 Å². The molecule has 9 nitrogen and oxygen atoms in total. The first kappa shape index (κ1) is 20.6. The van der Waals surface area contributed by atoms with Crippen LogP contribution in [0.2, 0.25) is 0 Å². The number of amides is 1. The monoisotopic (exact) mass is 417 g/mol. The first-order valence-electron chi connectivity index (χ1n) is 9.23. The highest BCUT2D eigenvalue weighted by atomic mass is 32.1. The Morgan fingerprint density at radius 2 is 2.07 bits per heavy atom. The summed E-state index contributed by atoms with van der Waals surface area (Å²) in [5, 5.41) is 12.4. The number of nitrogen functional groups attached to an aromatic ring is 1. The number of rotatable bonds is 7. The van der Waals surface area contributed by atoms with Crippen LogP contribution in [0.25, 0.3) is 11.0 Å². The van der Waals surface area contributed by atoms with Gasteiger partial charge in [0.05, 0.1) is 10.3 Å². The highest BCUT2D eigenvalue weighted by molar-refractivity contribution is 7.14. The maximum absolute atomic E-state index is 12.6. The summed E-state index contributed by atoms with van der Waals surface area (Å²) in [5.74, 6) is -1.80. The van der Waals surface area contributed by atoms with Gasteiger partial charge in [-0.2, -0.15) is 4.98 Å². The van der Waals surface area contributed by atoms with Gasteiger partial charge in [0.1, 0.15) is 11.7 Å². The maximum Gasteiger partial charge on any atom is 0.326 e. The second kappa shape index (κ2) is 8.08. The molecule has 0 spiro atoms. The van der Waals surface area contributed by atoms with Gasteiger partial charge < -0.3 is 21.1 Å². The van der Waals surface area contributed by atoms with Crippen LogP contribution < -0.4 is 16.6 Å². The van der Waals surface area contributed by atoms with E-state index in [2.05, 4.69) is 20.3 Å². The molecular formula is C19H23N5O4S. The van der Waals surface area contributed by atoms with Gasteiger partial charge in [-0.05, 0) is 23.6 Å². The van der Waals surface area contributed by atoms with E-state index in [0.717, 1.165) is 10.4 Å². The lowest BCUT2D eigenvalue weighted by Gasteiger charge is -2.19. The molecule has 154 valence electrons. The van der Waals surface area contributed by atoms with Gasteiger partial charge >= 0.3 is 5.97 Å². The van der Waals surface area contributed by atoms with Gasteiger partial charge in [0, 0.05) is 17.0 Å². The van der Waals surface area contributed by atoms with Gasteiger partial charge in [0.15, 0.2) is 0 Å². The van der Waals surface area contributed by atoms with Crippen LogP contribution in [0.5, 0.6) is 0 Å². The fourth-order valence-corrected chi connectivity index (χ4v) is 4.16. The highest BCUT2D eigenvalue weighted by Crippen LogP contribution is 2.33. The number of fused-ring (bicyclic) bond motifs is 1. The number of aliphatic carboxylic acids is 1. The summed E-state index contributed by atoms with van der Waals surface area (Å²) in [6.07, 6.45) is 2.34. The number of hydrogen-bond donors (Lipinski definition) is 5. The Morgan fingerprint density at radius 3 is 2.72 bits per heavy atom. The van der Waals surface area contributed by atoms with Crippen LogP contribution in [0.4, 0.5) is 5.95 Å². The standard InChI is InChI=1S/C19H23N5O4S/c1-4-8(2)14(18(27)28)22-16(25)12-6-5-11(29-12)9(3)10-7-21-15-13(10)17(26)24-19(20)23-15/h5-9,14H,4H2,1-3H3,(H,22,25)(H,27,28)(H4,20,21,23,24,26). The Hall–Kier alpha value is -3.14. The van der Waals surface area contributed by atoms with Crippen LogP contribution in [0.3, 0.4) is 0 Å². The van der Waals surface area contributed by atoms with E-state index in [4.69, 9.17) is 5.73 Å². The van der Waals surface area contributed by atoms with Gasteiger partial charge in [0.25, 0.3) is 11.5 Å². The van der Waals surface area contributed by atoms with E-state index in [1.807, 2.05) is 13.8 Å². The van der Waals surface area contributed by atoms with Crippen LogP contribution in [-0.4, -0.2) is 38.0 Å². The number of nitrogens with one attached hydrogen (secondary N) is 3. The molecule has 0 aliphatic heterocycles. The lowest BCUT2D eigenvalue weighted by Crippen LogP contribution is -2.44. The van der Waals surface area contributed by atoms with Crippen LogP contribution in [0, 0.1) is 5.92 Å². The summed E-state index contributed by atoms with van der Waals surface area (Å²) in [5.41, 5.74) is 6.39. The molecule has 6 N–H and O–H groups in total. The Bertz CT molecular complexity index is 1120. The molecule has 0 saturated carbocycles. The number of carboxylic acid groups (broad SMARTS) is 1. The number of carbonyl (C=O) groups is 2. The Labute approximate surface area is 170 Å². The van der Waals surface area contributed by atoms with Gasteiger partial charge in [-0.25, -0.2) is 4.79 Å². The van der Waals surface area contributed by atoms with E-state index in [1.54, 1.807) is 25.3 Å². The predicted octanol–water partition coefficient (Wildman–Crippen LogP) is 2.28. The summed E-state index contributed by atoms with van der Waals surface area (Å²) in [6.45, 7) is 5.59. The quantitative estimate of drug-likeness (QED) is 0.397. The largest absolute Gasteiger partial charge is 0.480 e. The topological polar surface area (TPSA) is 154 Å². The molecule has 0 aromatic carbocycles. The Morgan fingerprint density at radius 1 is 1.34 bits per heavy atom. The smallest absolute Gasteiger partial charge is 0.326 e. The molecule has 10 heteroatoms. The number of nitrogens with zero attached hydrogens (tertiary/aromatic N) is 1. The van der Waals surface area contributed by atoms with Crippen molar-refractivity contribution in [2.75, 3.05) is 5.73 Å². The fourth-order valence-electron chi connectivity index (χ4n) is 3.18. The van der Waals surface area contributed by atoms with Crippen molar-refractivity contribution in [2.45, 2.75) is 39.2 Å². The number of carboxylic acids is 1. The van der Waals surface area contributed by atoms with Crippen LogP contribution in [0.15, 0.2) is 23.1 Å². The summed E-state index contributed by atoms with van der Waals surface area (Å²) < 4.78 is 0. The zero-order valence-corrected chi connectivity index (χ0v) is 17.1. The van der Waals surface area contributed by atoms with Crippen molar-refractivity contribution in [2.24, 2.45) is 5.92 Å². The summed E-state index contributed by atoms with van der Waals surface area (Å²) in [4.78, 5) is 47.1. The molecule has 3 unspecified atom stereocenters. The molecule has 3 heterocycles. The van der Waals surface area contributed by atoms with Crippen molar-refractivity contribution >= 4 is 40.2 Å². The van der Waals surface area contributed by atoms with E-state index in [1.165, 1.54) is 11.3 Å². The minimum Gasteiger partial charge on any atom is -0.480 e. The molecule has 1 amide bonds. The minimum atomic E-state index is -1.05. The summed E-state index contributed by atoms with van der Waals surface area (Å²) >= 11 is 1.26. The van der Waals surface area contributed by atoms with Crippen LogP contribution >= 0.6 is 11.3 Å². The molecule has 0 saturated heterocycles. The fraction of sp³-hybridized carbons (Fsp3) is 0.368. The van der Waals surface area contributed by atoms with E-state index >= 15 is 0 Å². The van der Waals surface area contributed by atoms with Crippen LogP contribution in [-0.2, 0) is 4.79 Å². The number of hydrogen-bond acceptors (Lipinski definition) is 6. The molecule has 3 aromatic heterocycles. The Kier molecular flexibility index (Phi) is 5.73. The third kappa shape index (κ3) is 4.02. The van der Waals surface area contributed by atoms with E-state index < -0.39 is 17.9 Å². The first-order chi connectivity index (χ1) is 13.7. The van der Waals surface area contributed by atoms with E-state index in [-0.39, 0.29) is 23.3 Å². The van der Waals surface area contributed by atoms with Gasteiger partial charge in [-0.1, -0.05) is 27.2 Å². The summed E-state index contributed by atoms with van der Waals surface area (Å²) in [7, 11) is 0. The van der Waals surface area contributed by atoms with E-state index in [9.17, 15) is 19.5 Å². The molecule has 3 atom stereocenters. The third-order valence-corrected chi connectivity index (χ3v) is 6.37. The van der Waals surface area contributed by atoms with Gasteiger partial charge in [-0.15, -0.1) is 11.3 Å². The number of aromatic amines is 2.